The maximum Gasteiger partial charge on any atom is 0.243 e. The van der Waals surface area contributed by atoms with Gasteiger partial charge in [-0.2, -0.15) is 9.40 Å². The lowest BCUT2D eigenvalue weighted by Crippen LogP contribution is -2.42. The predicted molar refractivity (Wildman–Crippen MR) is 93.4 cm³/mol. The summed E-state index contributed by atoms with van der Waals surface area (Å²) in [6, 6.07) is 4.00. The molecule has 0 radical (unpaired) electrons. The molecule has 6 nitrogen and oxygen atoms in total. The Labute approximate surface area is 147 Å². The molecule has 1 atom stereocenters. The summed E-state index contributed by atoms with van der Waals surface area (Å²) >= 11 is 0. The Morgan fingerprint density at radius 3 is 2.52 bits per heavy atom. The number of aromatic nitrogens is 2. The highest BCUT2D eigenvalue weighted by Crippen LogP contribution is 2.26. The van der Waals surface area contributed by atoms with E-state index in [9.17, 15) is 12.8 Å². The van der Waals surface area contributed by atoms with E-state index in [4.69, 9.17) is 5.73 Å². The number of nitrogens with zero attached hydrogens (tertiary/aromatic N) is 3. The highest BCUT2D eigenvalue weighted by molar-refractivity contribution is 7.89. The molecule has 1 unspecified atom stereocenters. The molecule has 1 aliphatic rings. The van der Waals surface area contributed by atoms with Crippen LogP contribution in [0.3, 0.4) is 0 Å². The summed E-state index contributed by atoms with van der Waals surface area (Å²) in [7, 11) is -3.70. The van der Waals surface area contributed by atoms with Gasteiger partial charge in [0.2, 0.25) is 10.0 Å². The molecule has 0 spiro atoms. The summed E-state index contributed by atoms with van der Waals surface area (Å²) in [5, 5.41) is 4.06. The van der Waals surface area contributed by atoms with Crippen molar-refractivity contribution in [2.45, 2.75) is 37.6 Å². The van der Waals surface area contributed by atoms with Gasteiger partial charge in [0.15, 0.2) is 0 Å². The summed E-state index contributed by atoms with van der Waals surface area (Å²) < 4.78 is 42.8. The zero-order chi connectivity index (χ0) is 18.2. The highest BCUT2D eigenvalue weighted by Gasteiger charge is 2.31. The van der Waals surface area contributed by atoms with Crippen LogP contribution >= 0.6 is 0 Å². The van der Waals surface area contributed by atoms with Gasteiger partial charge in [-0.1, -0.05) is 0 Å². The molecule has 1 saturated heterocycles. The lowest BCUT2D eigenvalue weighted by Gasteiger charge is -2.32. The SMILES string of the molecule is Cc1cnn(-c2ccc(S(=O)(=O)N3CCC(C(C)N)CC3)cc2F)c1. The van der Waals surface area contributed by atoms with Gasteiger partial charge in [-0.15, -0.1) is 0 Å². The van der Waals surface area contributed by atoms with Crippen LogP contribution in [0.15, 0.2) is 35.5 Å². The van der Waals surface area contributed by atoms with Crippen LogP contribution in [0.5, 0.6) is 0 Å². The van der Waals surface area contributed by atoms with Crippen molar-refractivity contribution in [1.29, 1.82) is 0 Å². The molecule has 25 heavy (non-hydrogen) atoms. The van der Waals surface area contributed by atoms with E-state index in [1.807, 2.05) is 13.8 Å². The lowest BCUT2D eigenvalue weighted by molar-refractivity contribution is 0.250. The zero-order valence-electron chi connectivity index (χ0n) is 14.4. The molecule has 1 aliphatic heterocycles. The first-order valence-electron chi connectivity index (χ1n) is 8.36. The first-order valence-corrected chi connectivity index (χ1v) is 9.80. The number of benzene rings is 1. The summed E-state index contributed by atoms with van der Waals surface area (Å²) in [5.41, 5.74) is 7.02. The largest absolute Gasteiger partial charge is 0.328 e. The van der Waals surface area contributed by atoms with Gasteiger partial charge >= 0.3 is 0 Å². The van der Waals surface area contributed by atoms with Crippen molar-refractivity contribution in [2.75, 3.05) is 13.1 Å². The highest BCUT2D eigenvalue weighted by atomic mass is 32.2. The zero-order valence-corrected chi connectivity index (χ0v) is 15.2. The molecule has 3 rings (SSSR count). The van der Waals surface area contributed by atoms with E-state index in [1.165, 1.54) is 21.1 Å². The molecule has 0 aliphatic carbocycles. The van der Waals surface area contributed by atoms with E-state index in [-0.39, 0.29) is 16.6 Å². The van der Waals surface area contributed by atoms with Crippen molar-refractivity contribution >= 4 is 10.0 Å². The second kappa shape index (κ2) is 6.86. The summed E-state index contributed by atoms with van der Waals surface area (Å²) in [5.74, 6) is -0.289. The normalized spacial score (nSPS) is 18.4. The molecule has 0 bridgehead atoms. The second-order valence-corrected chi connectivity index (χ2v) is 8.61. The molecule has 2 aromatic rings. The number of rotatable bonds is 4. The van der Waals surface area contributed by atoms with Crippen LogP contribution in [0.1, 0.15) is 25.3 Å². The number of aryl methyl sites for hydroxylation is 1. The smallest absolute Gasteiger partial charge is 0.243 e. The number of sulfonamides is 1. The predicted octanol–water partition coefficient (Wildman–Crippen LogP) is 2.07. The second-order valence-electron chi connectivity index (χ2n) is 6.68. The van der Waals surface area contributed by atoms with Crippen molar-refractivity contribution in [1.82, 2.24) is 14.1 Å². The fourth-order valence-electron chi connectivity index (χ4n) is 3.17. The van der Waals surface area contributed by atoms with Crippen LogP contribution < -0.4 is 5.73 Å². The maximum atomic E-state index is 14.5. The Hall–Kier alpha value is -1.77. The minimum absolute atomic E-state index is 0.0307. The minimum atomic E-state index is -3.70. The number of hydrogen-bond donors (Lipinski definition) is 1. The topological polar surface area (TPSA) is 81.2 Å². The Balaban J connectivity index is 1.83. The number of hydrogen-bond acceptors (Lipinski definition) is 4. The van der Waals surface area contributed by atoms with Crippen molar-refractivity contribution in [3.8, 4) is 5.69 Å². The summed E-state index contributed by atoms with van der Waals surface area (Å²) in [6.07, 6.45) is 4.76. The molecule has 0 amide bonds. The van der Waals surface area contributed by atoms with E-state index in [0.29, 0.717) is 19.0 Å². The van der Waals surface area contributed by atoms with E-state index in [0.717, 1.165) is 24.5 Å². The molecule has 2 N–H and O–H groups in total. The third-order valence-electron chi connectivity index (χ3n) is 4.76. The van der Waals surface area contributed by atoms with E-state index < -0.39 is 15.8 Å². The average Bonchev–Trinajstić information content (AvgIpc) is 3.01. The minimum Gasteiger partial charge on any atom is -0.328 e. The van der Waals surface area contributed by atoms with Gasteiger partial charge in [0.25, 0.3) is 0 Å². The molecular weight excluding hydrogens is 343 g/mol. The van der Waals surface area contributed by atoms with Gasteiger partial charge in [-0.3, -0.25) is 0 Å². The first-order chi connectivity index (χ1) is 11.8. The van der Waals surface area contributed by atoms with Crippen LogP contribution in [0.4, 0.5) is 4.39 Å². The monoisotopic (exact) mass is 366 g/mol. The molecule has 0 saturated carbocycles. The molecule has 1 aromatic carbocycles. The standard InChI is InChI=1S/C17H23FN4O2S/c1-12-10-20-22(11-12)17-4-3-15(9-16(17)18)25(23,24)21-7-5-14(6-8-21)13(2)19/h3-4,9-11,13-14H,5-8,19H2,1-2H3. The number of nitrogens with two attached hydrogens (primary N) is 1. The fourth-order valence-corrected chi connectivity index (χ4v) is 4.65. The lowest BCUT2D eigenvalue weighted by atomic mass is 9.92. The van der Waals surface area contributed by atoms with E-state index in [1.54, 1.807) is 12.4 Å². The third kappa shape index (κ3) is 3.61. The number of piperidine rings is 1. The molecule has 2 heterocycles. The van der Waals surface area contributed by atoms with Crippen LogP contribution in [-0.4, -0.2) is 41.6 Å². The molecule has 136 valence electrons. The van der Waals surface area contributed by atoms with Crippen LogP contribution in [0.25, 0.3) is 5.69 Å². The first kappa shape index (κ1) is 18.0. The van der Waals surface area contributed by atoms with Crippen LogP contribution in [0, 0.1) is 18.7 Å². The Bertz CT molecular complexity index is 855. The summed E-state index contributed by atoms with van der Waals surface area (Å²) in [6.45, 7) is 4.62. The number of halogens is 1. The van der Waals surface area contributed by atoms with Crippen molar-refractivity contribution < 1.29 is 12.8 Å². The molecule has 1 fully saturated rings. The molecular formula is C17H23FN4O2S. The van der Waals surface area contributed by atoms with Crippen LogP contribution in [0.2, 0.25) is 0 Å². The Kier molecular flexibility index (Phi) is 4.95. The van der Waals surface area contributed by atoms with E-state index in [2.05, 4.69) is 5.10 Å². The Morgan fingerprint density at radius 2 is 2.00 bits per heavy atom. The summed E-state index contributed by atoms with van der Waals surface area (Å²) in [4.78, 5) is -0.0307. The van der Waals surface area contributed by atoms with Crippen LogP contribution in [-0.2, 0) is 10.0 Å². The Morgan fingerprint density at radius 1 is 1.32 bits per heavy atom. The molecule has 1 aromatic heterocycles. The van der Waals surface area contributed by atoms with Gasteiger partial charge in [0.1, 0.15) is 11.5 Å². The van der Waals surface area contributed by atoms with Crippen molar-refractivity contribution in [3.63, 3.8) is 0 Å². The third-order valence-corrected chi connectivity index (χ3v) is 6.65. The van der Waals surface area contributed by atoms with E-state index >= 15 is 0 Å². The molecule has 8 heteroatoms. The van der Waals surface area contributed by atoms with Gasteiger partial charge in [0.05, 0.1) is 11.1 Å². The maximum absolute atomic E-state index is 14.5. The van der Waals surface area contributed by atoms with Gasteiger partial charge in [-0.25, -0.2) is 17.5 Å². The fraction of sp³-hybridized carbons (Fsp3) is 0.471. The van der Waals surface area contributed by atoms with Gasteiger partial charge < -0.3 is 5.73 Å². The van der Waals surface area contributed by atoms with Crippen molar-refractivity contribution in [3.05, 3.63) is 42.0 Å². The quantitative estimate of drug-likeness (QED) is 0.898. The van der Waals surface area contributed by atoms with Gasteiger partial charge in [-0.05, 0) is 56.4 Å². The average molecular weight is 366 g/mol. The van der Waals surface area contributed by atoms with Crippen molar-refractivity contribution in [2.24, 2.45) is 11.7 Å². The van der Waals surface area contributed by atoms with Gasteiger partial charge in [0, 0.05) is 25.3 Å².